The first-order chi connectivity index (χ1) is 9.35. The lowest BCUT2D eigenvalue weighted by Gasteiger charge is -2.10. The maximum absolute atomic E-state index is 3.25. The van der Waals surface area contributed by atoms with E-state index in [0.717, 1.165) is 19.3 Å². The Kier molecular flexibility index (Phi) is 4.85. The second-order valence-corrected chi connectivity index (χ2v) is 4.67. The van der Waals surface area contributed by atoms with Gasteiger partial charge in [-0.15, -0.1) is 0 Å². The smallest absolute Gasteiger partial charge is 0.0370 e. The molecule has 2 nitrogen and oxygen atoms in total. The molecule has 2 heteroatoms. The third kappa shape index (κ3) is 3.50. The van der Waals surface area contributed by atoms with Crippen molar-refractivity contribution < 1.29 is 0 Å². The van der Waals surface area contributed by atoms with Gasteiger partial charge in [-0.3, -0.25) is 0 Å². The monoisotopic (exact) mass is 254 g/mol. The highest BCUT2D eigenvalue weighted by atomic mass is 14.8. The standard InChI is InChI=1S/C17H22N2/c1-18-16-12-5-3-8-14(16)10-7-11-15-9-4-6-13-17(15)19-2/h3-6,8-9,12-13,18-19H,7,10-11H2,1-2H3. The molecule has 2 aromatic rings. The first kappa shape index (κ1) is 13.5. The second-order valence-electron chi connectivity index (χ2n) is 4.67. The highest BCUT2D eigenvalue weighted by molar-refractivity contribution is 5.52. The van der Waals surface area contributed by atoms with E-state index in [2.05, 4.69) is 59.2 Å². The summed E-state index contributed by atoms with van der Waals surface area (Å²) in [6, 6.07) is 17.0. The molecule has 2 aromatic carbocycles. The number of aryl methyl sites for hydroxylation is 2. The van der Waals surface area contributed by atoms with E-state index in [0.29, 0.717) is 0 Å². The summed E-state index contributed by atoms with van der Waals surface area (Å²) in [5.41, 5.74) is 5.27. The minimum absolute atomic E-state index is 1.11. The van der Waals surface area contributed by atoms with E-state index in [-0.39, 0.29) is 0 Å². The van der Waals surface area contributed by atoms with Gasteiger partial charge in [-0.1, -0.05) is 36.4 Å². The average molecular weight is 254 g/mol. The third-order valence-electron chi connectivity index (χ3n) is 3.47. The Morgan fingerprint density at radius 2 is 1.11 bits per heavy atom. The Labute approximate surface area is 115 Å². The molecule has 0 aliphatic rings. The summed E-state index contributed by atoms with van der Waals surface area (Å²) in [6.45, 7) is 0. The van der Waals surface area contributed by atoms with Crippen molar-refractivity contribution in [1.82, 2.24) is 0 Å². The van der Waals surface area contributed by atoms with Gasteiger partial charge in [0, 0.05) is 25.5 Å². The average Bonchev–Trinajstić information content (AvgIpc) is 2.48. The SMILES string of the molecule is CNc1ccccc1CCCc1ccccc1NC. The number of hydrogen-bond donors (Lipinski definition) is 2. The molecule has 0 saturated carbocycles. The molecule has 0 radical (unpaired) electrons. The van der Waals surface area contributed by atoms with Gasteiger partial charge in [-0.25, -0.2) is 0 Å². The van der Waals surface area contributed by atoms with E-state index < -0.39 is 0 Å². The summed E-state index contributed by atoms with van der Waals surface area (Å²) in [6.07, 6.45) is 3.38. The van der Waals surface area contributed by atoms with Crippen LogP contribution in [0.2, 0.25) is 0 Å². The van der Waals surface area contributed by atoms with Gasteiger partial charge in [0.2, 0.25) is 0 Å². The molecule has 0 aliphatic heterocycles. The normalized spacial score (nSPS) is 10.2. The minimum atomic E-state index is 1.11. The third-order valence-corrected chi connectivity index (χ3v) is 3.47. The molecule has 19 heavy (non-hydrogen) atoms. The van der Waals surface area contributed by atoms with Gasteiger partial charge < -0.3 is 10.6 Å². The first-order valence-corrected chi connectivity index (χ1v) is 6.86. The molecule has 0 unspecified atom stereocenters. The van der Waals surface area contributed by atoms with Crippen molar-refractivity contribution in [2.24, 2.45) is 0 Å². The lowest BCUT2D eigenvalue weighted by Crippen LogP contribution is -1.98. The molecule has 0 aliphatic carbocycles. The van der Waals surface area contributed by atoms with Crippen LogP contribution in [0, 0.1) is 0 Å². The van der Waals surface area contributed by atoms with Crippen molar-refractivity contribution >= 4 is 11.4 Å². The molecule has 0 spiro atoms. The molecule has 0 aromatic heterocycles. The molecular weight excluding hydrogens is 232 g/mol. The lowest BCUT2D eigenvalue weighted by atomic mass is 10.0. The predicted octanol–water partition coefficient (Wildman–Crippen LogP) is 3.95. The summed E-state index contributed by atoms with van der Waals surface area (Å²) >= 11 is 0. The van der Waals surface area contributed by atoms with Crippen molar-refractivity contribution in [3.63, 3.8) is 0 Å². The van der Waals surface area contributed by atoms with E-state index in [1.807, 2.05) is 14.1 Å². The van der Waals surface area contributed by atoms with E-state index in [9.17, 15) is 0 Å². The summed E-state index contributed by atoms with van der Waals surface area (Å²) in [5, 5.41) is 6.51. The van der Waals surface area contributed by atoms with Crippen LogP contribution in [0.15, 0.2) is 48.5 Å². The number of hydrogen-bond acceptors (Lipinski definition) is 2. The Bertz CT molecular complexity index is 473. The number of anilines is 2. The fourth-order valence-electron chi connectivity index (χ4n) is 2.43. The Balaban J connectivity index is 1.96. The summed E-state index contributed by atoms with van der Waals surface area (Å²) in [4.78, 5) is 0. The van der Waals surface area contributed by atoms with Crippen LogP contribution in [0.3, 0.4) is 0 Å². The highest BCUT2D eigenvalue weighted by Gasteiger charge is 2.02. The quantitative estimate of drug-likeness (QED) is 0.815. The minimum Gasteiger partial charge on any atom is -0.388 e. The van der Waals surface area contributed by atoms with Crippen LogP contribution < -0.4 is 10.6 Å². The van der Waals surface area contributed by atoms with Crippen LogP contribution in [0.1, 0.15) is 17.5 Å². The van der Waals surface area contributed by atoms with Crippen LogP contribution in [0.4, 0.5) is 11.4 Å². The number of para-hydroxylation sites is 2. The fraction of sp³-hybridized carbons (Fsp3) is 0.294. The molecule has 2 N–H and O–H groups in total. The number of nitrogens with one attached hydrogen (secondary N) is 2. The molecule has 0 bridgehead atoms. The summed E-state index contributed by atoms with van der Waals surface area (Å²) < 4.78 is 0. The Morgan fingerprint density at radius 3 is 1.53 bits per heavy atom. The fourth-order valence-corrected chi connectivity index (χ4v) is 2.43. The molecular formula is C17H22N2. The van der Waals surface area contributed by atoms with Gasteiger partial charge in [-0.05, 0) is 42.5 Å². The first-order valence-electron chi connectivity index (χ1n) is 6.86. The largest absolute Gasteiger partial charge is 0.388 e. The van der Waals surface area contributed by atoms with Gasteiger partial charge in [0.05, 0.1) is 0 Å². The van der Waals surface area contributed by atoms with Crippen molar-refractivity contribution in [3.8, 4) is 0 Å². The topological polar surface area (TPSA) is 24.1 Å². The molecule has 0 amide bonds. The maximum atomic E-state index is 3.25. The molecule has 2 rings (SSSR count). The Morgan fingerprint density at radius 1 is 0.684 bits per heavy atom. The number of benzene rings is 2. The molecule has 100 valence electrons. The van der Waals surface area contributed by atoms with Gasteiger partial charge in [0.15, 0.2) is 0 Å². The molecule has 0 saturated heterocycles. The summed E-state index contributed by atoms with van der Waals surface area (Å²) in [7, 11) is 3.96. The van der Waals surface area contributed by atoms with Crippen LogP contribution in [0.25, 0.3) is 0 Å². The zero-order valence-electron chi connectivity index (χ0n) is 11.7. The van der Waals surface area contributed by atoms with Crippen molar-refractivity contribution in [1.29, 1.82) is 0 Å². The van der Waals surface area contributed by atoms with Crippen molar-refractivity contribution in [2.45, 2.75) is 19.3 Å². The van der Waals surface area contributed by atoms with Gasteiger partial charge in [0.25, 0.3) is 0 Å². The zero-order valence-corrected chi connectivity index (χ0v) is 11.7. The van der Waals surface area contributed by atoms with Gasteiger partial charge >= 0.3 is 0 Å². The molecule has 0 heterocycles. The lowest BCUT2D eigenvalue weighted by molar-refractivity contribution is 0.822. The van der Waals surface area contributed by atoms with Crippen LogP contribution in [0.5, 0.6) is 0 Å². The molecule has 0 fully saturated rings. The van der Waals surface area contributed by atoms with Crippen molar-refractivity contribution in [3.05, 3.63) is 59.7 Å². The van der Waals surface area contributed by atoms with E-state index in [1.165, 1.54) is 22.5 Å². The zero-order chi connectivity index (χ0) is 13.5. The number of rotatable bonds is 6. The van der Waals surface area contributed by atoms with Crippen LogP contribution >= 0.6 is 0 Å². The van der Waals surface area contributed by atoms with Gasteiger partial charge in [0.1, 0.15) is 0 Å². The van der Waals surface area contributed by atoms with Gasteiger partial charge in [-0.2, -0.15) is 0 Å². The second kappa shape index (κ2) is 6.83. The maximum Gasteiger partial charge on any atom is 0.0370 e. The van der Waals surface area contributed by atoms with E-state index in [1.54, 1.807) is 0 Å². The Hall–Kier alpha value is -1.96. The molecule has 0 atom stereocenters. The van der Waals surface area contributed by atoms with Crippen molar-refractivity contribution in [2.75, 3.05) is 24.7 Å². The highest BCUT2D eigenvalue weighted by Crippen LogP contribution is 2.20. The van der Waals surface area contributed by atoms with E-state index >= 15 is 0 Å². The van der Waals surface area contributed by atoms with Crippen LogP contribution in [-0.4, -0.2) is 14.1 Å². The summed E-state index contributed by atoms with van der Waals surface area (Å²) in [5.74, 6) is 0. The van der Waals surface area contributed by atoms with E-state index in [4.69, 9.17) is 0 Å². The van der Waals surface area contributed by atoms with Crippen LogP contribution in [-0.2, 0) is 12.8 Å². The predicted molar refractivity (Wildman–Crippen MR) is 84.0 cm³/mol.